The lowest BCUT2D eigenvalue weighted by Crippen LogP contribution is -2.37. The number of amides is 1. The number of aliphatic hydroxyl groups excluding tert-OH is 1. The number of hydrogen-bond donors (Lipinski definition) is 2. The smallest absolute Gasteiger partial charge is 0.257 e. The van der Waals surface area contributed by atoms with E-state index in [1.165, 1.54) is 12.8 Å². The summed E-state index contributed by atoms with van der Waals surface area (Å²) in [7, 11) is 0. The van der Waals surface area contributed by atoms with Gasteiger partial charge in [-0.2, -0.15) is 0 Å². The summed E-state index contributed by atoms with van der Waals surface area (Å²) >= 11 is 0. The molecule has 1 aromatic carbocycles. The summed E-state index contributed by atoms with van der Waals surface area (Å²) in [5.41, 5.74) is 1.03. The molecule has 1 aliphatic rings. The third-order valence-electron chi connectivity index (χ3n) is 4.31. The molecular formula is C17H25NO3. The number of aliphatic hydroxyl groups is 1. The fourth-order valence-corrected chi connectivity index (χ4v) is 2.95. The second kappa shape index (κ2) is 8.03. The molecule has 0 radical (unpaired) electrons. The van der Waals surface area contributed by atoms with Crippen molar-refractivity contribution in [2.24, 2.45) is 11.8 Å². The number of nitrogens with one attached hydrogen (secondary N) is 1. The first-order valence-electron chi connectivity index (χ1n) is 7.76. The normalized spacial score (nSPS) is 21.8. The van der Waals surface area contributed by atoms with Crippen molar-refractivity contribution in [3.05, 3.63) is 29.8 Å². The van der Waals surface area contributed by atoms with Crippen LogP contribution in [0.1, 0.15) is 31.2 Å². The monoisotopic (exact) mass is 291 g/mol. The van der Waals surface area contributed by atoms with Gasteiger partial charge in [-0.1, -0.05) is 31.0 Å². The molecule has 4 heteroatoms. The van der Waals surface area contributed by atoms with Gasteiger partial charge in [0.1, 0.15) is 5.75 Å². The standard InChI is InChI=1S/C17H25NO3/c1-13-6-2-5-9-16(13)21-12-17(20)18-10-14-7-3-4-8-15(14)11-19/h2,5-6,9,14-15,19H,3-4,7-8,10-12H2,1H3,(H,18,20). The van der Waals surface area contributed by atoms with Gasteiger partial charge in [0.05, 0.1) is 0 Å². The second-order valence-corrected chi connectivity index (χ2v) is 5.85. The summed E-state index contributed by atoms with van der Waals surface area (Å²) in [4.78, 5) is 11.9. The van der Waals surface area contributed by atoms with E-state index in [9.17, 15) is 9.90 Å². The Morgan fingerprint density at radius 3 is 2.71 bits per heavy atom. The maximum Gasteiger partial charge on any atom is 0.257 e. The van der Waals surface area contributed by atoms with Crippen molar-refractivity contribution in [2.45, 2.75) is 32.6 Å². The summed E-state index contributed by atoms with van der Waals surface area (Å²) in [5.74, 6) is 1.38. The summed E-state index contributed by atoms with van der Waals surface area (Å²) in [5, 5.41) is 12.3. The van der Waals surface area contributed by atoms with Crippen molar-refractivity contribution in [3.8, 4) is 5.75 Å². The summed E-state index contributed by atoms with van der Waals surface area (Å²) in [6.07, 6.45) is 4.53. The molecule has 1 saturated carbocycles. The number of rotatable bonds is 6. The molecule has 0 spiro atoms. The molecule has 0 heterocycles. The highest BCUT2D eigenvalue weighted by molar-refractivity contribution is 5.77. The lowest BCUT2D eigenvalue weighted by Gasteiger charge is -2.30. The Hall–Kier alpha value is -1.55. The van der Waals surface area contributed by atoms with Crippen LogP contribution in [0.15, 0.2) is 24.3 Å². The molecule has 1 amide bonds. The molecule has 4 nitrogen and oxygen atoms in total. The van der Waals surface area contributed by atoms with Gasteiger partial charge in [0.25, 0.3) is 5.91 Å². The van der Waals surface area contributed by atoms with E-state index in [1.807, 2.05) is 31.2 Å². The van der Waals surface area contributed by atoms with Crippen LogP contribution in [0, 0.1) is 18.8 Å². The van der Waals surface area contributed by atoms with Gasteiger partial charge in [0.2, 0.25) is 0 Å². The molecule has 0 saturated heterocycles. The zero-order chi connectivity index (χ0) is 15.1. The Balaban J connectivity index is 1.73. The SMILES string of the molecule is Cc1ccccc1OCC(=O)NCC1CCCCC1CO. The molecule has 0 aromatic heterocycles. The minimum absolute atomic E-state index is 0.0430. The number of ether oxygens (including phenoxy) is 1. The Labute approximate surface area is 126 Å². The average Bonchev–Trinajstić information content (AvgIpc) is 2.52. The highest BCUT2D eigenvalue weighted by Gasteiger charge is 2.24. The predicted octanol–water partition coefficient (Wildman–Crippen LogP) is 2.29. The third-order valence-corrected chi connectivity index (χ3v) is 4.31. The predicted molar refractivity (Wildman–Crippen MR) is 82.2 cm³/mol. The van der Waals surface area contributed by atoms with E-state index in [-0.39, 0.29) is 19.1 Å². The second-order valence-electron chi connectivity index (χ2n) is 5.85. The van der Waals surface area contributed by atoms with Crippen molar-refractivity contribution in [3.63, 3.8) is 0 Å². The van der Waals surface area contributed by atoms with E-state index >= 15 is 0 Å². The molecule has 116 valence electrons. The minimum Gasteiger partial charge on any atom is -0.484 e. The van der Waals surface area contributed by atoms with E-state index in [2.05, 4.69) is 5.32 Å². The van der Waals surface area contributed by atoms with Gasteiger partial charge in [0, 0.05) is 13.2 Å². The van der Waals surface area contributed by atoms with E-state index in [4.69, 9.17) is 4.74 Å². The number of benzene rings is 1. The molecule has 2 atom stereocenters. The highest BCUT2D eigenvalue weighted by atomic mass is 16.5. The Morgan fingerprint density at radius 1 is 1.29 bits per heavy atom. The molecule has 0 aliphatic heterocycles. The fraction of sp³-hybridized carbons (Fsp3) is 0.588. The maximum absolute atomic E-state index is 11.9. The maximum atomic E-state index is 11.9. The van der Waals surface area contributed by atoms with Crippen LogP contribution < -0.4 is 10.1 Å². The molecule has 2 rings (SSSR count). The van der Waals surface area contributed by atoms with Gasteiger partial charge >= 0.3 is 0 Å². The zero-order valence-electron chi connectivity index (χ0n) is 12.7. The lowest BCUT2D eigenvalue weighted by atomic mass is 9.79. The van der Waals surface area contributed by atoms with Gasteiger partial charge in [-0.3, -0.25) is 4.79 Å². The van der Waals surface area contributed by atoms with Gasteiger partial charge < -0.3 is 15.2 Å². The first kappa shape index (κ1) is 15.8. The van der Waals surface area contributed by atoms with E-state index in [1.54, 1.807) is 0 Å². The van der Waals surface area contributed by atoms with Gasteiger partial charge in [-0.25, -0.2) is 0 Å². The van der Waals surface area contributed by atoms with Crippen LogP contribution in [0.5, 0.6) is 5.75 Å². The molecule has 21 heavy (non-hydrogen) atoms. The molecule has 0 bridgehead atoms. The number of carbonyl (C=O) groups excluding carboxylic acids is 1. The summed E-state index contributed by atoms with van der Waals surface area (Å²) in [6.45, 7) is 2.86. The largest absolute Gasteiger partial charge is 0.484 e. The fourth-order valence-electron chi connectivity index (χ4n) is 2.95. The molecule has 1 fully saturated rings. The van der Waals surface area contributed by atoms with Crippen molar-refractivity contribution in [2.75, 3.05) is 19.8 Å². The number of aryl methyl sites for hydroxylation is 1. The Kier molecular flexibility index (Phi) is 6.05. The van der Waals surface area contributed by atoms with E-state index in [0.717, 1.165) is 24.2 Å². The number of para-hydroxylation sites is 1. The number of hydrogen-bond acceptors (Lipinski definition) is 3. The van der Waals surface area contributed by atoms with Crippen molar-refractivity contribution >= 4 is 5.91 Å². The van der Waals surface area contributed by atoms with Crippen LogP contribution in [0.2, 0.25) is 0 Å². The van der Waals surface area contributed by atoms with Crippen LogP contribution in [0.25, 0.3) is 0 Å². The van der Waals surface area contributed by atoms with Crippen LogP contribution in [-0.4, -0.2) is 30.8 Å². The molecule has 2 unspecified atom stereocenters. The van der Waals surface area contributed by atoms with Crippen LogP contribution in [-0.2, 0) is 4.79 Å². The minimum atomic E-state index is -0.0967. The molecule has 1 aliphatic carbocycles. The van der Waals surface area contributed by atoms with Crippen LogP contribution in [0.4, 0.5) is 0 Å². The topological polar surface area (TPSA) is 58.6 Å². The van der Waals surface area contributed by atoms with Gasteiger partial charge in [0.15, 0.2) is 6.61 Å². The Morgan fingerprint density at radius 2 is 2.00 bits per heavy atom. The summed E-state index contributed by atoms with van der Waals surface area (Å²) < 4.78 is 5.53. The van der Waals surface area contributed by atoms with E-state index < -0.39 is 0 Å². The highest BCUT2D eigenvalue weighted by Crippen LogP contribution is 2.29. The van der Waals surface area contributed by atoms with Gasteiger partial charge in [-0.05, 0) is 43.2 Å². The van der Waals surface area contributed by atoms with E-state index in [0.29, 0.717) is 18.4 Å². The van der Waals surface area contributed by atoms with Crippen molar-refractivity contribution < 1.29 is 14.6 Å². The Bertz CT molecular complexity index is 461. The van der Waals surface area contributed by atoms with Crippen molar-refractivity contribution in [1.82, 2.24) is 5.32 Å². The van der Waals surface area contributed by atoms with Crippen molar-refractivity contribution in [1.29, 1.82) is 0 Å². The molecule has 2 N–H and O–H groups in total. The average molecular weight is 291 g/mol. The first-order chi connectivity index (χ1) is 10.2. The lowest BCUT2D eigenvalue weighted by molar-refractivity contribution is -0.123. The first-order valence-corrected chi connectivity index (χ1v) is 7.76. The van der Waals surface area contributed by atoms with Crippen LogP contribution >= 0.6 is 0 Å². The number of carbonyl (C=O) groups is 1. The summed E-state index contributed by atoms with van der Waals surface area (Å²) in [6, 6.07) is 7.67. The van der Waals surface area contributed by atoms with Crippen LogP contribution in [0.3, 0.4) is 0 Å². The molecular weight excluding hydrogens is 266 g/mol. The quantitative estimate of drug-likeness (QED) is 0.845. The third kappa shape index (κ3) is 4.74. The molecule has 1 aromatic rings. The zero-order valence-corrected chi connectivity index (χ0v) is 12.7. The van der Waals surface area contributed by atoms with Gasteiger partial charge in [-0.15, -0.1) is 0 Å².